The van der Waals surface area contributed by atoms with Crippen LogP contribution in [0.3, 0.4) is 0 Å². The van der Waals surface area contributed by atoms with E-state index in [-0.39, 0.29) is 0 Å². The number of aromatic nitrogens is 1. The fourth-order valence-corrected chi connectivity index (χ4v) is 4.29. The van der Waals surface area contributed by atoms with Crippen molar-refractivity contribution in [2.75, 3.05) is 19.7 Å². The summed E-state index contributed by atoms with van der Waals surface area (Å²) in [6.07, 6.45) is 4.80. The smallest absolute Gasteiger partial charge is 0.119 e. The van der Waals surface area contributed by atoms with Gasteiger partial charge in [-0.1, -0.05) is 43.3 Å². The van der Waals surface area contributed by atoms with Crippen LogP contribution in [0.5, 0.6) is 5.75 Å². The molecule has 4 nitrogen and oxygen atoms in total. The third-order valence-corrected chi connectivity index (χ3v) is 5.98. The van der Waals surface area contributed by atoms with Gasteiger partial charge in [0.2, 0.25) is 0 Å². The lowest BCUT2D eigenvalue weighted by Gasteiger charge is -2.37. The van der Waals surface area contributed by atoms with Crippen LogP contribution in [0.4, 0.5) is 0 Å². The van der Waals surface area contributed by atoms with Crippen molar-refractivity contribution >= 4 is 10.9 Å². The van der Waals surface area contributed by atoms with Gasteiger partial charge in [0.05, 0.1) is 5.52 Å². The van der Waals surface area contributed by atoms with Crippen LogP contribution in [0, 0.1) is 0 Å². The first kappa shape index (κ1) is 19.0. The van der Waals surface area contributed by atoms with Crippen molar-refractivity contribution < 1.29 is 9.84 Å². The summed E-state index contributed by atoms with van der Waals surface area (Å²) in [7, 11) is 2.14. The molecule has 4 rings (SSSR count). The van der Waals surface area contributed by atoms with Crippen molar-refractivity contribution in [2.45, 2.75) is 38.3 Å². The number of benzene rings is 2. The lowest BCUT2D eigenvalue weighted by molar-refractivity contribution is -0.0536. The highest BCUT2D eigenvalue weighted by Crippen LogP contribution is 2.29. The van der Waals surface area contributed by atoms with Crippen molar-refractivity contribution in [3.05, 3.63) is 65.9 Å². The lowest BCUT2D eigenvalue weighted by Crippen LogP contribution is -2.47. The lowest BCUT2D eigenvalue weighted by atomic mass is 9.92. The van der Waals surface area contributed by atoms with Gasteiger partial charge in [0, 0.05) is 38.3 Å². The second kappa shape index (κ2) is 7.98. The van der Waals surface area contributed by atoms with E-state index in [0.717, 1.165) is 44.6 Å². The number of hydrogen-bond donors (Lipinski definition) is 1. The highest BCUT2D eigenvalue weighted by atomic mass is 16.5. The Balaban J connectivity index is 1.39. The summed E-state index contributed by atoms with van der Waals surface area (Å²) >= 11 is 0. The van der Waals surface area contributed by atoms with Gasteiger partial charge in [-0.15, -0.1) is 0 Å². The predicted molar refractivity (Wildman–Crippen MR) is 114 cm³/mol. The third kappa shape index (κ3) is 3.94. The van der Waals surface area contributed by atoms with Crippen molar-refractivity contribution in [2.24, 2.45) is 7.05 Å². The van der Waals surface area contributed by atoms with Crippen molar-refractivity contribution in [3.8, 4) is 5.75 Å². The number of nitrogens with zero attached hydrogens (tertiary/aromatic N) is 2. The molecule has 0 amide bonds. The molecule has 1 N–H and O–H groups in total. The molecule has 0 saturated carbocycles. The zero-order chi connectivity index (χ0) is 19.6. The summed E-state index contributed by atoms with van der Waals surface area (Å²) < 4.78 is 8.08. The monoisotopic (exact) mass is 378 g/mol. The summed E-state index contributed by atoms with van der Waals surface area (Å²) in [4.78, 5) is 2.45. The number of para-hydroxylation sites is 2. The molecule has 0 atom stereocenters. The van der Waals surface area contributed by atoms with Crippen LogP contribution in [0.25, 0.3) is 10.9 Å². The molecule has 0 bridgehead atoms. The fraction of sp³-hybridized carbons (Fsp3) is 0.417. The van der Waals surface area contributed by atoms with Crippen LogP contribution >= 0.6 is 0 Å². The zero-order valence-corrected chi connectivity index (χ0v) is 16.9. The van der Waals surface area contributed by atoms with E-state index in [2.05, 4.69) is 47.8 Å². The van der Waals surface area contributed by atoms with Crippen molar-refractivity contribution in [1.82, 2.24) is 9.47 Å². The number of piperidine rings is 1. The molecule has 1 aliphatic rings. The van der Waals surface area contributed by atoms with Crippen LogP contribution in [-0.4, -0.2) is 39.9 Å². The predicted octanol–water partition coefficient (Wildman–Crippen LogP) is 4.15. The topological polar surface area (TPSA) is 37.6 Å². The second-order valence-electron chi connectivity index (χ2n) is 8.03. The number of aliphatic hydroxyl groups is 1. The van der Waals surface area contributed by atoms with Gasteiger partial charge in [-0.3, -0.25) is 4.90 Å². The zero-order valence-electron chi connectivity index (χ0n) is 16.9. The molecule has 3 aromatic rings. The van der Waals surface area contributed by atoms with E-state index < -0.39 is 5.60 Å². The number of hydrogen-bond acceptors (Lipinski definition) is 3. The average molecular weight is 379 g/mol. The number of likely N-dealkylation sites (tertiary alicyclic amines) is 1. The van der Waals surface area contributed by atoms with Crippen molar-refractivity contribution in [3.63, 3.8) is 0 Å². The SMILES string of the molecule is CCc1cccc2c(CN3CCC(O)(COc4ccccc4)CC3)cn(C)c12. The maximum atomic E-state index is 10.9. The van der Waals surface area contributed by atoms with E-state index >= 15 is 0 Å². The van der Waals surface area contributed by atoms with Gasteiger partial charge >= 0.3 is 0 Å². The number of rotatable bonds is 6. The molecule has 2 heterocycles. The molecule has 2 aromatic carbocycles. The quantitative estimate of drug-likeness (QED) is 0.700. The molecule has 4 heteroatoms. The Kier molecular flexibility index (Phi) is 5.42. The Morgan fingerprint density at radius 2 is 1.75 bits per heavy atom. The first-order valence-electron chi connectivity index (χ1n) is 10.3. The Bertz CT molecular complexity index is 924. The third-order valence-electron chi connectivity index (χ3n) is 5.98. The summed E-state index contributed by atoms with van der Waals surface area (Å²) in [5.41, 5.74) is 3.39. The van der Waals surface area contributed by atoms with Gasteiger partial charge < -0.3 is 14.4 Å². The van der Waals surface area contributed by atoms with E-state index in [1.807, 2.05) is 30.3 Å². The van der Waals surface area contributed by atoms with E-state index in [1.165, 1.54) is 22.0 Å². The van der Waals surface area contributed by atoms with Crippen LogP contribution in [0.1, 0.15) is 30.9 Å². The van der Waals surface area contributed by atoms with Gasteiger partial charge in [-0.2, -0.15) is 0 Å². The van der Waals surface area contributed by atoms with Gasteiger partial charge in [-0.05, 0) is 42.5 Å². The first-order chi connectivity index (χ1) is 13.6. The molecular formula is C24H30N2O2. The maximum Gasteiger partial charge on any atom is 0.119 e. The molecule has 148 valence electrons. The van der Waals surface area contributed by atoms with Gasteiger partial charge in [0.25, 0.3) is 0 Å². The van der Waals surface area contributed by atoms with Crippen LogP contribution in [-0.2, 0) is 20.0 Å². The maximum absolute atomic E-state index is 10.9. The molecule has 28 heavy (non-hydrogen) atoms. The van der Waals surface area contributed by atoms with E-state index in [1.54, 1.807) is 0 Å². The highest BCUT2D eigenvalue weighted by Gasteiger charge is 2.33. The molecule has 1 aliphatic heterocycles. The molecular weight excluding hydrogens is 348 g/mol. The largest absolute Gasteiger partial charge is 0.491 e. The second-order valence-corrected chi connectivity index (χ2v) is 8.03. The molecule has 0 radical (unpaired) electrons. The van der Waals surface area contributed by atoms with Gasteiger partial charge in [-0.25, -0.2) is 0 Å². The molecule has 0 spiro atoms. The normalized spacial score (nSPS) is 17.1. The van der Waals surface area contributed by atoms with Gasteiger partial charge in [0.1, 0.15) is 18.0 Å². The summed E-state index contributed by atoms with van der Waals surface area (Å²) in [5, 5.41) is 12.3. The Morgan fingerprint density at radius 3 is 2.46 bits per heavy atom. The highest BCUT2D eigenvalue weighted by molar-refractivity contribution is 5.86. The Morgan fingerprint density at radius 1 is 1.00 bits per heavy atom. The van der Waals surface area contributed by atoms with Crippen molar-refractivity contribution in [1.29, 1.82) is 0 Å². The van der Waals surface area contributed by atoms with Crippen LogP contribution in [0.2, 0.25) is 0 Å². The summed E-state index contributed by atoms with van der Waals surface area (Å²) in [5.74, 6) is 0.820. The number of fused-ring (bicyclic) bond motifs is 1. The molecule has 1 fully saturated rings. The summed E-state index contributed by atoms with van der Waals surface area (Å²) in [6, 6.07) is 16.4. The first-order valence-corrected chi connectivity index (χ1v) is 10.3. The Labute approximate surface area is 167 Å². The Hall–Kier alpha value is -2.30. The average Bonchev–Trinajstić information content (AvgIpc) is 3.05. The van der Waals surface area contributed by atoms with Gasteiger partial charge in [0.15, 0.2) is 0 Å². The summed E-state index contributed by atoms with van der Waals surface area (Å²) in [6.45, 7) is 5.28. The van der Waals surface area contributed by atoms with E-state index in [9.17, 15) is 5.11 Å². The standard InChI is InChI=1S/C24H30N2O2/c1-3-19-8-7-11-22-20(16-25(2)23(19)22)17-26-14-12-24(27,13-15-26)18-28-21-9-5-4-6-10-21/h4-11,16,27H,3,12-15,17-18H2,1-2H3. The molecule has 0 aliphatic carbocycles. The van der Waals surface area contributed by atoms with E-state index in [4.69, 9.17) is 4.74 Å². The minimum Gasteiger partial charge on any atom is -0.491 e. The minimum atomic E-state index is -0.736. The van der Waals surface area contributed by atoms with Crippen LogP contribution < -0.4 is 4.74 Å². The minimum absolute atomic E-state index is 0.360. The molecule has 0 unspecified atom stereocenters. The number of aryl methyl sites for hydroxylation is 2. The van der Waals surface area contributed by atoms with E-state index in [0.29, 0.717) is 6.61 Å². The molecule has 1 saturated heterocycles. The fourth-order valence-electron chi connectivity index (χ4n) is 4.29. The van der Waals surface area contributed by atoms with Crippen LogP contribution in [0.15, 0.2) is 54.7 Å². The molecule has 1 aromatic heterocycles. The number of ether oxygens (including phenoxy) is 1.